The minimum Gasteiger partial charge on any atom is -0.491 e. The molecule has 3 rings (SSSR count). The van der Waals surface area contributed by atoms with Crippen molar-refractivity contribution in [3.05, 3.63) is 60.2 Å². The maximum absolute atomic E-state index is 12.8. The van der Waals surface area contributed by atoms with Crippen LogP contribution in [0.15, 0.2) is 54.6 Å². The highest BCUT2D eigenvalue weighted by atomic mass is 32.1. The number of fused-ring (bicyclic) bond motifs is 1. The number of nitrogens with zero attached hydrogens (tertiary/aromatic N) is 1. The van der Waals surface area contributed by atoms with E-state index in [0.29, 0.717) is 16.4 Å². The molecule has 1 aromatic heterocycles. The zero-order valence-corrected chi connectivity index (χ0v) is 16.8. The van der Waals surface area contributed by atoms with Crippen LogP contribution >= 0.6 is 12.2 Å². The number of carbonyl (C=O) groups is 1. The van der Waals surface area contributed by atoms with Gasteiger partial charge in [-0.15, -0.1) is 0 Å². The molecule has 0 radical (unpaired) electrons. The second-order valence-electron chi connectivity index (χ2n) is 6.42. The van der Waals surface area contributed by atoms with Crippen LogP contribution in [0.4, 0.5) is 0 Å². The van der Waals surface area contributed by atoms with Gasteiger partial charge in [-0.3, -0.25) is 15.6 Å². The van der Waals surface area contributed by atoms with Gasteiger partial charge < -0.3 is 10.1 Å². The Morgan fingerprint density at radius 1 is 1.07 bits per heavy atom. The lowest BCUT2D eigenvalue weighted by atomic mass is 10.0. The van der Waals surface area contributed by atoms with Crippen LogP contribution in [0.2, 0.25) is 0 Å². The normalized spacial score (nSPS) is 10.6. The standard InChI is InChI=1S/C21H22N4O2S/c1-13(2)27-15-8-6-7-14(11-15)19-12-17(20(26)24-25-21(28)22-3)16-9-4-5-10-18(16)23-19/h4-13H,1-3H3,(H,24,26)(H2,22,25,28). The molecule has 0 saturated heterocycles. The van der Waals surface area contributed by atoms with Gasteiger partial charge in [0.05, 0.1) is 22.9 Å². The van der Waals surface area contributed by atoms with E-state index in [9.17, 15) is 4.79 Å². The summed E-state index contributed by atoms with van der Waals surface area (Å²) in [6.07, 6.45) is 0.0724. The van der Waals surface area contributed by atoms with Crippen molar-refractivity contribution >= 4 is 34.1 Å². The van der Waals surface area contributed by atoms with Gasteiger partial charge in [0.25, 0.3) is 5.91 Å². The molecule has 7 heteroatoms. The topological polar surface area (TPSA) is 75.3 Å². The number of hydrogen-bond acceptors (Lipinski definition) is 4. The molecule has 0 aliphatic rings. The molecule has 0 saturated carbocycles. The van der Waals surface area contributed by atoms with E-state index in [1.165, 1.54) is 0 Å². The van der Waals surface area contributed by atoms with Crippen LogP contribution in [0.3, 0.4) is 0 Å². The van der Waals surface area contributed by atoms with Crippen molar-refractivity contribution in [3.8, 4) is 17.0 Å². The van der Waals surface area contributed by atoms with E-state index in [2.05, 4.69) is 16.2 Å². The highest BCUT2D eigenvalue weighted by Gasteiger charge is 2.14. The van der Waals surface area contributed by atoms with Gasteiger partial charge in [0.1, 0.15) is 5.75 Å². The molecule has 1 amide bonds. The first-order valence-corrected chi connectivity index (χ1v) is 9.33. The molecule has 0 atom stereocenters. The number of ether oxygens (including phenoxy) is 1. The van der Waals surface area contributed by atoms with Crippen molar-refractivity contribution < 1.29 is 9.53 Å². The predicted octanol–water partition coefficient (Wildman–Crippen LogP) is 3.43. The van der Waals surface area contributed by atoms with E-state index >= 15 is 0 Å². The summed E-state index contributed by atoms with van der Waals surface area (Å²) in [5, 5.41) is 3.83. The number of hydrazine groups is 1. The lowest BCUT2D eigenvalue weighted by Crippen LogP contribution is -2.45. The smallest absolute Gasteiger partial charge is 0.270 e. The molecule has 0 aliphatic heterocycles. The Bertz CT molecular complexity index is 1020. The summed E-state index contributed by atoms with van der Waals surface area (Å²) >= 11 is 5.01. The predicted molar refractivity (Wildman–Crippen MR) is 115 cm³/mol. The number of benzene rings is 2. The van der Waals surface area contributed by atoms with Gasteiger partial charge in [0.2, 0.25) is 0 Å². The van der Waals surface area contributed by atoms with Crippen LogP contribution < -0.4 is 20.9 Å². The molecule has 0 unspecified atom stereocenters. The number of amides is 1. The van der Waals surface area contributed by atoms with Crippen molar-refractivity contribution in [2.24, 2.45) is 0 Å². The summed E-state index contributed by atoms with van der Waals surface area (Å²) in [4.78, 5) is 17.5. The largest absolute Gasteiger partial charge is 0.491 e. The molecular weight excluding hydrogens is 372 g/mol. The van der Waals surface area contributed by atoms with E-state index in [-0.39, 0.29) is 12.0 Å². The lowest BCUT2D eigenvalue weighted by molar-refractivity contribution is 0.0945. The van der Waals surface area contributed by atoms with Crippen LogP contribution in [0.5, 0.6) is 5.75 Å². The summed E-state index contributed by atoms with van der Waals surface area (Å²) in [5.74, 6) is 0.460. The van der Waals surface area contributed by atoms with Gasteiger partial charge in [-0.25, -0.2) is 4.98 Å². The van der Waals surface area contributed by atoms with Crippen LogP contribution in [0.25, 0.3) is 22.2 Å². The maximum Gasteiger partial charge on any atom is 0.270 e. The van der Waals surface area contributed by atoms with Gasteiger partial charge in [0, 0.05) is 18.0 Å². The summed E-state index contributed by atoms with van der Waals surface area (Å²) in [5.41, 5.74) is 8.07. The third-order valence-electron chi connectivity index (χ3n) is 3.98. The van der Waals surface area contributed by atoms with Crippen molar-refractivity contribution in [1.82, 2.24) is 21.2 Å². The van der Waals surface area contributed by atoms with Crippen LogP contribution in [-0.2, 0) is 0 Å². The highest BCUT2D eigenvalue weighted by molar-refractivity contribution is 7.80. The van der Waals surface area contributed by atoms with Gasteiger partial charge >= 0.3 is 0 Å². The molecule has 2 aromatic carbocycles. The Labute approximate surface area is 169 Å². The first-order chi connectivity index (χ1) is 13.5. The summed E-state index contributed by atoms with van der Waals surface area (Å²) in [6, 6.07) is 17.0. The Hall–Kier alpha value is -3.19. The fraction of sp³-hybridized carbons (Fsp3) is 0.190. The number of pyridine rings is 1. The minimum absolute atomic E-state index is 0.0724. The number of hydrogen-bond donors (Lipinski definition) is 3. The Morgan fingerprint density at radius 3 is 2.61 bits per heavy atom. The van der Waals surface area contributed by atoms with Gasteiger partial charge in [0.15, 0.2) is 5.11 Å². The summed E-state index contributed by atoms with van der Waals surface area (Å²) in [6.45, 7) is 3.96. The Balaban J connectivity index is 2.03. The zero-order chi connectivity index (χ0) is 20.1. The Kier molecular flexibility index (Phi) is 6.06. The molecule has 28 heavy (non-hydrogen) atoms. The lowest BCUT2D eigenvalue weighted by Gasteiger charge is -2.13. The molecule has 3 N–H and O–H groups in total. The highest BCUT2D eigenvalue weighted by Crippen LogP contribution is 2.27. The third-order valence-corrected chi connectivity index (χ3v) is 4.29. The number of nitrogens with one attached hydrogen (secondary N) is 3. The fourth-order valence-corrected chi connectivity index (χ4v) is 2.81. The van der Waals surface area contributed by atoms with Crippen molar-refractivity contribution in [3.63, 3.8) is 0 Å². The van der Waals surface area contributed by atoms with E-state index in [1.807, 2.05) is 62.4 Å². The van der Waals surface area contributed by atoms with E-state index in [1.54, 1.807) is 13.1 Å². The number of carbonyl (C=O) groups excluding carboxylic acids is 1. The quantitative estimate of drug-likeness (QED) is 0.465. The maximum atomic E-state index is 12.8. The molecule has 1 heterocycles. The third kappa shape index (κ3) is 4.55. The van der Waals surface area contributed by atoms with Gasteiger partial charge in [-0.05, 0) is 50.3 Å². The molecule has 3 aromatic rings. The molecule has 6 nitrogen and oxygen atoms in total. The molecule has 144 valence electrons. The van der Waals surface area contributed by atoms with Crippen molar-refractivity contribution in [1.29, 1.82) is 0 Å². The summed E-state index contributed by atoms with van der Waals surface area (Å²) in [7, 11) is 1.67. The number of thiocarbonyl (C=S) groups is 1. The van der Waals surface area contributed by atoms with Gasteiger partial charge in [-0.2, -0.15) is 0 Å². The van der Waals surface area contributed by atoms with Crippen LogP contribution in [-0.4, -0.2) is 29.2 Å². The molecule has 0 fully saturated rings. The first kappa shape index (κ1) is 19.6. The fourth-order valence-electron chi connectivity index (χ4n) is 2.76. The monoisotopic (exact) mass is 394 g/mol. The van der Waals surface area contributed by atoms with Gasteiger partial charge in [-0.1, -0.05) is 30.3 Å². The van der Waals surface area contributed by atoms with E-state index in [4.69, 9.17) is 21.9 Å². The van der Waals surface area contributed by atoms with Crippen LogP contribution in [0, 0.1) is 0 Å². The number of para-hydroxylation sites is 1. The number of aromatic nitrogens is 1. The minimum atomic E-state index is -0.299. The second kappa shape index (κ2) is 8.67. The van der Waals surface area contributed by atoms with E-state index in [0.717, 1.165) is 22.2 Å². The number of rotatable bonds is 4. The summed E-state index contributed by atoms with van der Waals surface area (Å²) < 4.78 is 5.78. The van der Waals surface area contributed by atoms with Crippen molar-refractivity contribution in [2.45, 2.75) is 20.0 Å². The van der Waals surface area contributed by atoms with E-state index < -0.39 is 0 Å². The SMILES string of the molecule is CNC(=S)NNC(=O)c1cc(-c2cccc(OC(C)C)c2)nc2ccccc12. The molecule has 0 aliphatic carbocycles. The average Bonchev–Trinajstić information content (AvgIpc) is 2.70. The van der Waals surface area contributed by atoms with Crippen molar-refractivity contribution in [2.75, 3.05) is 7.05 Å². The second-order valence-corrected chi connectivity index (χ2v) is 6.83. The molecule has 0 bridgehead atoms. The zero-order valence-electron chi connectivity index (χ0n) is 15.9. The first-order valence-electron chi connectivity index (χ1n) is 8.93. The Morgan fingerprint density at radius 2 is 1.86 bits per heavy atom. The van der Waals surface area contributed by atoms with Crippen LogP contribution in [0.1, 0.15) is 24.2 Å². The average molecular weight is 395 g/mol. The molecular formula is C21H22N4O2S. The molecule has 0 spiro atoms.